The Hall–Kier alpha value is -4.00. The van der Waals surface area contributed by atoms with E-state index in [1.807, 2.05) is 55.5 Å². The van der Waals surface area contributed by atoms with Gasteiger partial charge in [0, 0.05) is 41.6 Å². The molecule has 202 valence electrons. The van der Waals surface area contributed by atoms with Crippen LogP contribution in [0.15, 0.2) is 91.0 Å². The zero-order chi connectivity index (χ0) is 27.5. The van der Waals surface area contributed by atoms with E-state index in [0.29, 0.717) is 17.7 Å². The molecule has 1 aliphatic rings. The molecule has 4 aromatic carbocycles. The third-order valence-electron chi connectivity index (χ3n) is 7.38. The molecule has 1 fully saturated rings. The second-order valence-electron chi connectivity index (χ2n) is 10.2. The molecule has 0 spiro atoms. The Balaban J connectivity index is 1.15. The van der Waals surface area contributed by atoms with E-state index < -0.39 is 5.82 Å². The van der Waals surface area contributed by atoms with Gasteiger partial charge in [-0.1, -0.05) is 60.1 Å². The van der Waals surface area contributed by atoms with Crippen molar-refractivity contribution in [3.8, 4) is 22.6 Å². The number of nitrogens with one attached hydrogen (secondary N) is 1. The maximum absolute atomic E-state index is 14.2. The normalized spacial score (nSPS) is 14.4. The molecular formula is C33H30ClFN4O. The fourth-order valence-corrected chi connectivity index (χ4v) is 5.35. The lowest BCUT2D eigenvalue weighted by atomic mass is 10.0. The molecule has 5 nitrogen and oxygen atoms in total. The highest BCUT2D eigenvalue weighted by Gasteiger charge is 2.20. The average molecular weight is 553 g/mol. The zero-order valence-corrected chi connectivity index (χ0v) is 23.0. The molecular weight excluding hydrogens is 523 g/mol. The first-order chi connectivity index (χ1) is 19.5. The molecule has 2 heterocycles. The lowest BCUT2D eigenvalue weighted by molar-refractivity contribution is 0.211. The van der Waals surface area contributed by atoms with Crippen LogP contribution in [0.2, 0.25) is 5.02 Å². The van der Waals surface area contributed by atoms with Gasteiger partial charge in [-0.2, -0.15) is 0 Å². The highest BCUT2D eigenvalue weighted by Crippen LogP contribution is 2.35. The zero-order valence-electron chi connectivity index (χ0n) is 22.3. The van der Waals surface area contributed by atoms with E-state index in [-0.39, 0.29) is 5.75 Å². The summed E-state index contributed by atoms with van der Waals surface area (Å²) in [5, 5.41) is 5.32. The topological polar surface area (TPSA) is 50.3 Å². The summed E-state index contributed by atoms with van der Waals surface area (Å²) in [6.07, 6.45) is 2.07. The Bertz CT molecular complexity index is 1630. The minimum atomic E-state index is -0.396. The van der Waals surface area contributed by atoms with Gasteiger partial charge in [-0.15, -0.1) is 0 Å². The van der Waals surface area contributed by atoms with Crippen LogP contribution in [0.1, 0.15) is 24.1 Å². The Labute approximate surface area is 238 Å². The number of nitrogens with zero attached hydrogens (tertiary/aromatic N) is 3. The average Bonchev–Trinajstić information content (AvgIpc) is 2.97. The molecule has 0 saturated carbocycles. The molecule has 1 saturated heterocycles. The minimum Gasteiger partial charge on any atom is -0.454 e. The summed E-state index contributed by atoms with van der Waals surface area (Å²) in [6.45, 7) is 4.98. The summed E-state index contributed by atoms with van der Waals surface area (Å²) in [4.78, 5) is 12.1. The molecule has 0 bridgehead atoms. The number of benzene rings is 4. The van der Waals surface area contributed by atoms with Crippen molar-refractivity contribution in [2.75, 3.05) is 18.4 Å². The van der Waals surface area contributed by atoms with Crippen molar-refractivity contribution in [1.29, 1.82) is 0 Å². The summed E-state index contributed by atoms with van der Waals surface area (Å²) >= 11 is 6.02. The first kappa shape index (κ1) is 26.2. The number of rotatable bonds is 7. The number of hydrogen-bond acceptors (Lipinski definition) is 5. The van der Waals surface area contributed by atoms with Crippen molar-refractivity contribution in [1.82, 2.24) is 14.9 Å². The summed E-state index contributed by atoms with van der Waals surface area (Å²) in [5.74, 6) is 1.05. The molecule has 0 unspecified atom stereocenters. The smallest absolute Gasteiger partial charge is 0.223 e. The first-order valence-electron chi connectivity index (χ1n) is 13.6. The number of anilines is 1. The molecule has 7 heteroatoms. The van der Waals surface area contributed by atoms with Gasteiger partial charge in [0.05, 0.1) is 11.2 Å². The van der Waals surface area contributed by atoms with Gasteiger partial charge in [-0.05, 0) is 73.4 Å². The Morgan fingerprint density at radius 2 is 1.62 bits per heavy atom. The van der Waals surface area contributed by atoms with E-state index >= 15 is 0 Å². The van der Waals surface area contributed by atoms with Crippen LogP contribution in [-0.2, 0) is 6.54 Å². The number of para-hydroxylation sites is 2. The number of ether oxygens (including phenoxy) is 1. The summed E-state index contributed by atoms with van der Waals surface area (Å²) in [6, 6.07) is 28.6. The lowest BCUT2D eigenvalue weighted by Crippen LogP contribution is -2.39. The largest absolute Gasteiger partial charge is 0.454 e. The maximum atomic E-state index is 14.2. The van der Waals surface area contributed by atoms with Crippen molar-refractivity contribution in [2.45, 2.75) is 32.4 Å². The molecule has 6 rings (SSSR count). The van der Waals surface area contributed by atoms with Crippen molar-refractivity contribution in [3.63, 3.8) is 0 Å². The van der Waals surface area contributed by atoms with Gasteiger partial charge in [-0.3, -0.25) is 4.90 Å². The van der Waals surface area contributed by atoms with Crippen molar-refractivity contribution < 1.29 is 9.13 Å². The summed E-state index contributed by atoms with van der Waals surface area (Å²) < 4.78 is 20.2. The van der Waals surface area contributed by atoms with Gasteiger partial charge < -0.3 is 10.1 Å². The Morgan fingerprint density at radius 1 is 0.900 bits per heavy atom. The van der Waals surface area contributed by atoms with Gasteiger partial charge in [0.25, 0.3) is 0 Å². The van der Waals surface area contributed by atoms with Gasteiger partial charge >= 0.3 is 0 Å². The van der Waals surface area contributed by atoms with Gasteiger partial charge in [0.1, 0.15) is 5.75 Å². The van der Waals surface area contributed by atoms with Gasteiger partial charge in [0.2, 0.25) is 5.95 Å². The lowest BCUT2D eigenvalue weighted by Gasteiger charge is -2.32. The Kier molecular flexibility index (Phi) is 7.62. The quantitative estimate of drug-likeness (QED) is 0.220. The van der Waals surface area contributed by atoms with Crippen LogP contribution in [-0.4, -0.2) is 34.0 Å². The van der Waals surface area contributed by atoms with Gasteiger partial charge in [-0.25, -0.2) is 14.4 Å². The number of fused-ring (bicyclic) bond motifs is 1. The van der Waals surface area contributed by atoms with E-state index in [9.17, 15) is 4.39 Å². The molecule has 0 atom stereocenters. The number of aromatic nitrogens is 2. The van der Waals surface area contributed by atoms with E-state index in [4.69, 9.17) is 26.3 Å². The fraction of sp³-hybridized carbons (Fsp3) is 0.212. The molecule has 0 radical (unpaired) electrons. The number of aryl methyl sites for hydroxylation is 1. The number of hydrogen-bond donors (Lipinski definition) is 1. The third kappa shape index (κ3) is 5.93. The number of piperidine rings is 1. The van der Waals surface area contributed by atoms with Crippen LogP contribution < -0.4 is 10.1 Å². The number of likely N-dealkylation sites (tertiary alicyclic amines) is 1. The summed E-state index contributed by atoms with van der Waals surface area (Å²) in [5.41, 5.74) is 4.90. The van der Waals surface area contributed by atoms with Gasteiger partial charge in [0.15, 0.2) is 11.6 Å². The molecule has 0 aliphatic carbocycles. The second-order valence-corrected chi connectivity index (χ2v) is 10.7. The van der Waals surface area contributed by atoms with Crippen LogP contribution in [0.4, 0.5) is 10.3 Å². The van der Waals surface area contributed by atoms with E-state index in [1.165, 1.54) is 11.6 Å². The minimum absolute atomic E-state index is 0.196. The van der Waals surface area contributed by atoms with E-state index in [1.54, 1.807) is 18.2 Å². The first-order valence-corrected chi connectivity index (χ1v) is 13.9. The molecule has 5 aromatic rings. The Morgan fingerprint density at radius 3 is 2.40 bits per heavy atom. The molecule has 40 heavy (non-hydrogen) atoms. The molecule has 1 aliphatic heterocycles. The van der Waals surface area contributed by atoms with Crippen molar-refractivity contribution in [3.05, 3.63) is 113 Å². The molecule has 0 amide bonds. The fourth-order valence-electron chi connectivity index (χ4n) is 5.22. The predicted octanol–water partition coefficient (Wildman–Crippen LogP) is 8.27. The highest BCUT2D eigenvalue weighted by molar-refractivity contribution is 6.30. The third-order valence-corrected chi connectivity index (χ3v) is 7.63. The van der Waals surface area contributed by atoms with Crippen LogP contribution in [0, 0.1) is 12.7 Å². The van der Waals surface area contributed by atoms with Crippen molar-refractivity contribution >= 4 is 28.5 Å². The number of halogens is 2. The molecule has 1 aromatic heterocycles. The van der Waals surface area contributed by atoms with Crippen LogP contribution in [0.5, 0.6) is 11.5 Å². The van der Waals surface area contributed by atoms with Crippen LogP contribution in [0.3, 0.4) is 0 Å². The highest BCUT2D eigenvalue weighted by atomic mass is 35.5. The van der Waals surface area contributed by atoms with E-state index in [2.05, 4.69) is 28.4 Å². The van der Waals surface area contributed by atoms with Crippen LogP contribution >= 0.6 is 11.6 Å². The second kappa shape index (κ2) is 11.6. The predicted molar refractivity (Wildman–Crippen MR) is 160 cm³/mol. The van der Waals surface area contributed by atoms with E-state index in [0.717, 1.165) is 65.2 Å². The standard InChI is InChI=1S/C33H30ClFN4O/c1-22-28-20-24(27-6-2-4-8-31(27)40-32-9-5-3-7-29(32)35)12-15-30(28)38-33(36-22)37-26-16-18-39(19-17-26)21-23-10-13-25(34)14-11-23/h2-15,20,26H,16-19,21H2,1H3,(H,36,37,38). The summed E-state index contributed by atoms with van der Waals surface area (Å²) in [7, 11) is 0. The maximum Gasteiger partial charge on any atom is 0.223 e. The van der Waals surface area contributed by atoms with Crippen molar-refractivity contribution in [2.24, 2.45) is 0 Å². The monoisotopic (exact) mass is 552 g/mol. The molecule has 1 N–H and O–H groups in total. The van der Waals surface area contributed by atoms with Crippen LogP contribution in [0.25, 0.3) is 22.0 Å². The SMILES string of the molecule is Cc1nc(NC2CCN(Cc3ccc(Cl)cc3)CC2)nc2ccc(-c3ccccc3Oc3ccccc3F)cc12.